The Bertz CT molecular complexity index is 1160. The fourth-order valence-corrected chi connectivity index (χ4v) is 5.42. The van der Waals surface area contributed by atoms with Gasteiger partial charge in [0.25, 0.3) is 5.91 Å². The number of carbonyl (C=O) groups is 3. The van der Waals surface area contributed by atoms with Crippen LogP contribution < -0.4 is 15.4 Å². The molecule has 2 aliphatic rings. The van der Waals surface area contributed by atoms with Crippen LogP contribution in [0.1, 0.15) is 12.8 Å². The average Bonchev–Trinajstić information content (AvgIpc) is 3.30. The molecule has 1 atom stereocenters. The summed E-state index contributed by atoms with van der Waals surface area (Å²) in [5, 5.41) is 6.80. The fourth-order valence-electron chi connectivity index (χ4n) is 3.71. The largest absolute Gasteiger partial charge is 0.341 e. The molecule has 11 heteroatoms. The first-order valence-corrected chi connectivity index (χ1v) is 12.5. The number of anilines is 2. The van der Waals surface area contributed by atoms with Gasteiger partial charge in [-0.1, -0.05) is 12.1 Å². The zero-order valence-corrected chi connectivity index (χ0v) is 18.7. The molecule has 0 spiro atoms. The maximum Gasteiger partial charge on any atom is 0.250 e. The molecule has 0 saturated carbocycles. The van der Waals surface area contributed by atoms with E-state index < -0.39 is 27.1 Å². The second-order valence-corrected chi connectivity index (χ2v) is 10.2. The van der Waals surface area contributed by atoms with E-state index in [1.807, 2.05) is 12.1 Å². The molecule has 1 saturated heterocycles. The molecule has 4 rings (SSSR count). The van der Waals surface area contributed by atoms with Crippen molar-refractivity contribution in [1.29, 1.82) is 0 Å². The second-order valence-electron chi connectivity index (χ2n) is 7.54. The van der Waals surface area contributed by atoms with Crippen LogP contribution in [0.3, 0.4) is 0 Å². The molecule has 0 bridgehead atoms. The maximum absolute atomic E-state index is 13.2. The number of primary sulfonamides is 1. The predicted molar refractivity (Wildman–Crippen MR) is 121 cm³/mol. The topological polar surface area (TPSA) is 130 Å². The molecule has 0 unspecified atom stereocenters. The van der Waals surface area contributed by atoms with Gasteiger partial charge >= 0.3 is 0 Å². The van der Waals surface area contributed by atoms with Gasteiger partial charge in [0.2, 0.25) is 21.8 Å². The van der Waals surface area contributed by atoms with Gasteiger partial charge in [-0.15, -0.1) is 11.8 Å². The minimum atomic E-state index is -3.84. The molecule has 9 nitrogen and oxygen atoms in total. The van der Waals surface area contributed by atoms with Crippen molar-refractivity contribution in [2.45, 2.75) is 27.9 Å². The number of likely N-dealkylation sites (tertiary alicyclic amines) is 1. The highest BCUT2D eigenvalue weighted by molar-refractivity contribution is 8.01. The third-order valence-electron chi connectivity index (χ3n) is 5.30. The molecule has 0 radical (unpaired) electrons. The Labute approximate surface area is 190 Å². The summed E-state index contributed by atoms with van der Waals surface area (Å²) >= 11 is 1.22. The minimum Gasteiger partial charge on any atom is -0.341 e. The van der Waals surface area contributed by atoms with Crippen molar-refractivity contribution in [2.75, 3.05) is 29.9 Å². The molecule has 32 heavy (non-hydrogen) atoms. The number of hydrogen-bond donors (Lipinski definition) is 2. The van der Waals surface area contributed by atoms with Crippen molar-refractivity contribution in [3.05, 3.63) is 48.5 Å². The number of nitrogens with one attached hydrogen (secondary N) is 1. The SMILES string of the molecule is NS(=O)(=O)c1ccc(NC(=O)CN2C(=O)[C@@H](C(=O)N3CCCC3)Sc3ccccc32)cc1. The van der Waals surface area contributed by atoms with Gasteiger partial charge < -0.3 is 15.1 Å². The number of thioether (sulfide) groups is 1. The van der Waals surface area contributed by atoms with Crippen LogP contribution in [0.2, 0.25) is 0 Å². The quantitative estimate of drug-likeness (QED) is 0.630. The number of para-hydroxylation sites is 1. The first-order valence-electron chi connectivity index (χ1n) is 10.0. The Morgan fingerprint density at radius 3 is 2.38 bits per heavy atom. The van der Waals surface area contributed by atoms with E-state index in [4.69, 9.17) is 5.14 Å². The monoisotopic (exact) mass is 474 g/mol. The zero-order chi connectivity index (χ0) is 22.9. The molecule has 2 aliphatic heterocycles. The summed E-state index contributed by atoms with van der Waals surface area (Å²) in [5.74, 6) is -1.13. The van der Waals surface area contributed by atoms with Crippen LogP contribution in [0.4, 0.5) is 11.4 Å². The van der Waals surface area contributed by atoms with Crippen LogP contribution in [0.25, 0.3) is 0 Å². The molecule has 2 aromatic carbocycles. The van der Waals surface area contributed by atoms with Gasteiger partial charge in [0.05, 0.1) is 10.6 Å². The van der Waals surface area contributed by atoms with Gasteiger partial charge in [0, 0.05) is 23.7 Å². The first kappa shape index (κ1) is 22.3. The first-order chi connectivity index (χ1) is 15.2. The number of amides is 3. The summed E-state index contributed by atoms with van der Waals surface area (Å²) in [6, 6.07) is 12.6. The van der Waals surface area contributed by atoms with Crippen LogP contribution >= 0.6 is 11.8 Å². The Kier molecular flexibility index (Phi) is 6.22. The van der Waals surface area contributed by atoms with E-state index in [1.54, 1.807) is 17.0 Å². The maximum atomic E-state index is 13.2. The summed E-state index contributed by atoms with van der Waals surface area (Å²) < 4.78 is 22.8. The number of nitrogens with zero attached hydrogens (tertiary/aromatic N) is 2. The molecule has 3 N–H and O–H groups in total. The third-order valence-corrected chi connectivity index (χ3v) is 7.47. The lowest BCUT2D eigenvalue weighted by Gasteiger charge is -2.34. The van der Waals surface area contributed by atoms with Gasteiger partial charge in [-0.25, -0.2) is 13.6 Å². The van der Waals surface area contributed by atoms with Crippen molar-refractivity contribution in [3.8, 4) is 0 Å². The Morgan fingerprint density at radius 2 is 1.72 bits per heavy atom. The van der Waals surface area contributed by atoms with Crippen LogP contribution in [-0.2, 0) is 24.4 Å². The van der Waals surface area contributed by atoms with E-state index >= 15 is 0 Å². The molecular weight excluding hydrogens is 452 g/mol. The summed E-state index contributed by atoms with van der Waals surface area (Å²) in [6.07, 6.45) is 1.84. The van der Waals surface area contributed by atoms with Crippen LogP contribution in [-0.4, -0.2) is 55.9 Å². The van der Waals surface area contributed by atoms with Gasteiger partial charge in [-0.2, -0.15) is 0 Å². The standard InChI is InChI=1S/C21H22N4O5S2/c22-32(29,30)15-9-7-14(8-10-15)23-18(26)13-25-16-5-1-2-6-17(16)31-19(21(25)28)20(27)24-11-3-4-12-24/h1-2,5-10,19H,3-4,11-13H2,(H,23,26)(H2,22,29,30)/t19-/m1/s1. The van der Waals surface area contributed by atoms with Crippen molar-refractivity contribution in [2.24, 2.45) is 5.14 Å². The Hall–Kier alpha value is -2.89. The second kappa shape index (κ2) is 8.93. The molecular formula is C21H22N4O5S2. The number of benzene rings is 2. The Balaban J connectivity index is 1.52. The number of carbonyl (C=O) groups excluding carboxylic acids is 3. The van der Waals surface area contributed by atoms with Crippen molar-refractivity contribution >= 4 is 50.9 Å². The predicted octanol–water partition coefficient (Wildman–Crippen LogP) is 1.40. The number of rotatable bonds is 5. The molecule has 2 heterocycles. The molecule has 0 aliphatic carbocycles. The summed E-state index contributed by atoms with van der Waals surface area (Å²) in [4.78, 5) is 42.6. The highest BCUT2D eigenvalue weighted by Crippen LogP contribution is 2.40. The fraction of sp³-hybridized carbons (Fsp3) is 0.286. The number of hydrogen-bond acceptors (Lipinski definition) is 6. The summed E-state index contributed by atoms with van der Waals surface area (Å²) in [5.41, 5.74) is 0.937. The van der Waals surface area contributed by atoms with Crippen LogP contribution in [0, 0.1) is 0 Å². The number of sulfonamides is 1. The number of nitrogens with two attached hydrogens (primary N) is 1. The zero-order valence-electron chi connectivity index (χ0n) is 17.1. The Morgan fingerprint density at radius 1 is 1.06 bits per heavy atom. The average molecular weight is 475 g/mol. The molecule has 1 fully saturated rings. The summed E-state index contributed by atoms with van der Waals surface area (Å²) in [7, 11) is -3.84. The van der Waals surface area contributed by atoms with E-state index in [0.717, 1.165) is 17.7 Å². The normalized spacial score (nSPS) is 18.4. The lowest BCUT2D eigenvalue weighted by Crippen LogP contribution is -2.51. The molecule has 3 amide bonds. The minimum absolute atomic E-state index is 0.0732. The van der Waals surface area contributed by atoms with Gasteiger partial charge in [-0.05, 0) is 49.2 Å². The van der Waals surface area contributed by atoms with Gasteiger partial charge in [-0.3, -0.25) is 14.4 Å². The van der Waals surface area contributed by atoms with Gasteiger partial charge in [0.1, 0.15) is 6.54 Å². The van der Waals surface area contributed by atoms with E-state index in [1.165, 1.54) is 40.9 Å². The van der Waals surface area contributed by atoms with E-state index in [9.17, 15) is 22.8 Å². The molecule has 168 valence electrons. The van der Waals surface area contributed by atoms with Crippen molar-refractivity contribution < 1.29 is 22.8 Å². The van der Waals surface area contributed by atoms with Crippen LogP contribution in [0.15, 0.2) is 58.3 Å². The van der Waals surface area contributed by atoms with E-state index in [-0.39, 0.29) is 17.3 Å². The highest BCUT2D eigenvalue weighted by Gasteiger charge is 2.41. The molecule has 0 aromatic heterocycles. The van der Waals surface area contributed by atoms with Crippen molar-refractivity contribution in [1.82, 2.24) is 4.90 Å². The van der Waals surface area contributed by atoms with E-state index in [0.29, 0.717) is 24.5 Å². The lowest BCUT2D eigenvalue weighted by atomic mass is 10.2. The lowest BCUT2D eigenvalue weighted by molar-refractivity contribution is -0.134. The van der Waals surface area contributed by atoms with Gasteiger partial charge in [0.15, 0.2) is 5.25 Å². The summed E-state index contributed by atoms with van der Waals surface area (Å²) in [6.45, 7) is 0.997. The highest BCUT2D eigenvalue weighted by atomic mass is 32.2. The third kappa shape index (κ3) is 4.64. The molecule has 2 aromatic rings. The number of fused-ring (bicyclic) bond motifs is 1. The van der Waals surface area contributed by atoms with Crippen LogP contribution in [0.5, 0.6) is 0 Å². The van der Waals surface area contributed by atoms with Crippen molar-refractivity contribution in [3.63, 3.8) is 0 Å². The van der Waals surface area contributed by atoms with E-state index in [2.05, 4.69) is 5.32 Å². The smallest absolute Gasteiger partial charge is 0.250 e.